The number of benzene rings is 1. The average molecular weight is 396 g/mol. The number of amides is 2. The first-order valence-electron chi connectivity index (χ1n) is 10.1. The lowest BCUT2D eigenvalue weighted by molar-refractivity contribution is 0.0950. The minimum absolute atomic E-state index is 0.236. The number of anilines is 2. The van der Waals surface area contributed by atoms with Crippen molar-refractivity contribution in [1.29, 1.82) is 0 Å². The number of pyridine rings is 1. The van der Waals surface area contributed by atoms with Crippen LogP contribution in [0.15, 0.2) is 42.7 Å². The molecule has 7 heteroatoms. The van der Waals surface area contributed by atoms with E-state index in [9.17, 15) is 9.59 Å². The lowest BCUT2D eigenvalue weighted by atomic mass is 10.1. The maximum atomic E-state index is 12.6. The number of hydrogen-bond acceptors (Lipinski definition) is 5. The normalized spacial score (nSPS) is 14.0. The van der Waals surface area contributed by atoms with Crippen molar-refractivity contribution in [2.45, 2.75) is 19.3 Å². The molecule has 0 aliphatic carbocycles. The number of aromatic nitrogens is 1. The Bertz CT molecular complexity index is 829. The molecule has 0 unspecified atom stereocenters. The molecule has 29 heavy (non-hydrogen) atoms. The van der Waals surface area contributed by atoms with Crippen LogP contribution in [0, 0.1) is 0 Å². The van der Waals surface area contributed by atoms with Gasteiger partial charge in [-0.3, -0.25) is 14.6 Å². The first kappa shape index (κ1) is 20.8. The summed E-state index contributed by atoms with van der Waals surface area (Å²) in [6, 6.07) is 9.46. The maximum absolute atomic E-state index is 12.6. The van der Waals surface area contributed by atoms with Crippen molar-refractivity contribution in [1.82, 2.24) is 15.2 Å². The highest BCUT2D eigenvalue weighted by atomic mass is 16.2. The van der Waals surface area contributed by atoms with Crippen molar-refractivity contribution in [3.8, 4) is 0 Å². The van der Waals surface area contributed by atoms with E-state index < -0.39 is 0 Å². The maximum Gasteiger partial charge on any atom is 0.257 e. The van der Waals surface area contributed by atoms with Crippen LogP contribution in [0.1, 0.15) is 40.0 Å². The van der Waals surface area contributed by atoms with E-state index >= 15 is 0 Å². The van der Waals surface area contributed by atoms with Crippen molar-refractivity contribution in [2.75, 3.05) is 50.5 Å². The van der Waals surface area contributed by atoms with E-state index in [2.05, 4.69) is 20.5 Å². The highest BCUT2D eigenvalue weighted by molar-refractivity contribution is 6.05. The summed E-state index contributed by atoms with van der Waals surface area (Å²) in [5.74, 6) is -0.522. The molecule has 3 rings (SSSR count). The quantitative estimate of drug-likeness (QED) is 0.754. The highest BCUT2D eigenvalue weighted by Crippen LogP contribution is 2.22. The summed E-state index contributed by atoms with van der Waals surface area (Å²) in [7, 11) is 3.88. The third kappa shape index (κ3) is 6.02. The lowest BCUT2D eigenvalue weighted by Gasteiger charge is -2.28. The Morgan fingerprint density at radius 2 is 1.66 bits per heavy atom. The van der Waals surface area contributed by atoms with E-state index in [1.807, 2.05) is 43.3 Å². The van der Waals surface area contributed by atoms with Crippen LogP contribution in [-0.4, -0.2) is 62.0 Å². The third-order valence-electron chi connectivity index (χ3n) is 4.95. The zero-order valence-electron chi connectivity index (χ0n) is 17.1. The summed E-state index contributed by atoms with van der Waals surface area (Å²) in [6.45, 7) is 3.44. The Kier molecular flexibility index (Phi) is 7.19. The largest absolute Gasteiger partial charge is 0.372 e. The van der Waals surface area contributed by atoms with Gasteiger partial charge in [0.15, 0.2) is 0 Å². The van der Waals surface area contributed by atoms with Gasteiger partial charge in [0.2, 0.25) is 0 Å². The number of carbonyl (C=O) groups excluding carboxylic acids is 2. The van der Waals surface area contributed by atoms with E-state index in [1.165, 1.54) is 37.3 Å². The van der Waals surface area contributed by atoms with Gasteiger partial charge in [0.05, 0.1) is 11.1 Å². The van der Waals surface area contributed by atoms with Gasteiger partial charge in [-0.25, -0.2) is 0 Å². The van der Waals surface area contributed by atoms with Crippen LogP contribution >= 0.6 is 0 Å². The number of nitrogens with zero attached hydrogens (tertiary/aromatic N) is 3. The fraction of sp³-hybridized carbons (Fsp3) is 0.409. The monoisotopic (exact) mass is 395 g/mol. The second-order valence-electron chi connectivity index (χ2n) is 7.57. The first-order chi connectivity index (χ1) is 14.0. The molecule has 2 aromatic rings. The number of likely N-dealkylation sites (N-methyl/N-ethyl adjacent to an activating group) is 1. The summed E-state index contributed by atoms with van der Waals surface area (Å²) in [6.07, 6.45) is 6.68. The molecule has 7 nitrogen and oxygen atoms in total. The lowest BCUT2D eigenvalue weighted by Crippen LogP contribution is -2.31. The van der Waals surface area contributed by atoms with Crippen LogP contribution in [0.4, 0.5) is 11.4 Å². The van der Waals surface area contributed by atoms with Crippen LogP contribution in [0.2, 0.25) is 0 Å². The zero-order chi connectivity index (χ0) is 20.6. The summed E-state index contributed by atoms with van der Waals surface area (Å²) >= 11 is 0. The Labute approximate surface area is 172 Å². The average Bonchev–Trinajstić information content (AvgIpc) is 2.74. The number of hydrogen-bond donors (Lipinski definition) is 2. The fourth-order valence-electron chi connectivity index (χ4n) is 3.29. The van der Waals surface area contributed by atoms with Crippen molar-refractivity contribution >= 4 is 23.2 Å². The van der Waals surface area contributed by atoms with Gasteiger partial charge >= 0.3 is 0 Å². The Balaban J connectivity index is 1.59. The Hall–Kier alpha value is -2.93. The smallest absolute Gasteiger partial charge is 0.257 e. The minimum Gasteiger partial charge on any atom is -0.372 e. The Morgan fingerprint density at radius 1 is 1.00 bits per heavy atom. The SMILES string of the molecule is CN(C)CCNC(=O)c1cncc(C(=O)Nc2ccc(N3CCCCC3)cc2)c1. The summed E-state index contributed by atoms with van der Waals surface area (Å²) in [5, 5.41) is 5.70. The number of rotatable bonds is 7. The molecule has 2 N–H and O–H groups in total. The summed E-state index contributed by atoms with van der Waals surface area (Å²) < 4.78 is 0. The molecule has 2 heterocycles. The molecule has 1 aliphatic heterocycles. The molecule has 2 amide bonds. The van der Waals surface area contributed by atoms with Gasteiger partial charge in [-0.05, 0) is 63.7 Å². The fourth-order valence-corrected chi connectivity index (χ4v) is 3.29. The number of nitrogens with one attached hydrogen (secondary N) is 2. The molecule has 1 saturated heterocycles. The first-order valence-corrected chi connectivity index (χ1v) is 10.1. The van der Waals surface area contributed by atoms with Crippen molar-refractivity contribution in [3.05, 3.63) is 53.9 Å². The molecule has 1 aliphatic rings. The van der Waals surface area contributed by atoms with E-state index in [1.54, 1.807) is 6.07 Å². The van der Waals surface area contributed by atoms with Gasteiger partial charge in [0, 0.05) is 49.9 Å². The molecular formula is C22H29N5O2. The van der Waals surface area contributed by atoms with Gasteiger partial charge in [-0.1, -0.05) is 0 Å². The minimum atomic E-state index is -0.286. The summed E-state index contributed by atoms with van der Waals surface area (Å²) in [5.41, 5.74) is 2.62. The van der Waals surface area contributed by atoms with Crippen molar-refractivity contribution in [2.24, 2.45) is 0 Å². The molecule has 0 spiro atoms. The van der Waals surface area contributed by atoms with Gasteiger partial charge in [0.1, 0.15) is 0 Å². The van der Waals surface area contributed by atoms with E-state index in [4.69, 9.17) is 0 Å². The molecule has 154 valence electrons. The predicted molar refractivity (Wildman–Crippen MR) is 116 cm³/mol. The van der Waals surface area contributed by atoms with Crippen LogP contribution in [-0.2, 0) is 0 Å². The van der Waals surface area contributed by atoms with Crippen molar-refractivity contribution < 1.29 is 9.59 Å². The highest BCUT2D eigenvalue weighted by Gasteiger charge is 2.13. The molecule has 0 bridgehead atoms. The second kappa shape index (κ2) is 10.0. The van der Waals surface area contributed by atoms with Gasteiger partial charge < -0.3 is 20.4 Å². The van der Waals surface area contributed by atoms with E-state index in [-0.39, 0.29) is 11.8 Å². The topological polar surface area (TPSA) is 77.6 Å². The van der Waals surface area contributed by atoms with Gasteiger partial charge in [-0.15, -0.1) is 0 Å². The Morgan fingerprint density at radius 3 is 2.31 bits per heavy atom. The zero-order valence-corrected chi connectivity index (χ0v) is 17.1. The molecule has 1 aromatic heterocycles. The van der Waals surface area contributed by atoms with Crippen molar-refractivity contribution in [3.63, 3.8) is 0 Å². The van der Waals surface area contributed by atoms with Crippen LogP contribution in [0.3, 0.4) is 0 Å². The summed E-state index contributed by atoms with van der Waals surface area (Å²) in [4.78, 5) is 33.2. The molecule has 1 aromatic carbocycles. The van der Waals surface area contributed by atoms with Gasteiger partial charge in [-0.2, -0.15) is 0 Å². The van der Waals surface area contributed by atoms with Crippen LogP contribution in [0.25, 0.3) is 0 Å². The molecule has 0 saturated carbocycles. The third-order valence-corrected chi connectivity index (χ3v) is 4.95. The standard InChI is InChI=1S/C22H29N5O2/c1-26(2)13-10-24-21(28)17-14-18(16-23-15-17)22(29)25-19-6-8-20(9-7-19)27-11-4-3-5-12-27/h6-9,14-16H,3-5,10-13H2,1-2H3,(H,24,28)(H,25,29). The van der Waals surface area contributed by atoms with E-state index in [0.717, 1.165) is 25.3 Å². The number of carbonyl (C=O) groups is 2. The number of piperidine rings is 1. The van der Waals surface area contributed by atoms with Crippen LogP contribution < -0.4 is 15.5 Å². The van der Waals surface area contributed by atoms with E-state index in [0.29, 0.717) is 17.7 Å². The molecule has 0 atom stereocenters. The predicted octanol–water partition coefficient (Wildman–Crippen LogP) is 2.62. The molecule has 1 fully saturated rings. The van der Waals surface area contributed by atoms with Gasteiger partial charge in [0.25, 0.3) is 11.8 Å². The van der Waals surface area contributed by atoms with Crippen LogP contribution in [0.5, 0.6) is 0 Å². The molecular weight excluding hydrogens is 366 g/mol. The second-order valence-corrected chi connectivity index (χ2v) is 7.57. The molecule has 0 radical (unpaired) electrons.